The highest BCUT2D eigenvalue weighted by molar-refractivity contribution is 5.57. The molecule has 1 aliphatic heterocycles. The number of ether oxygens (including phenoxy) is 1. The van der Waals surface area contributed by atoms with Crippen LogP contribution >= 0.6 is 0 Å². The summed E-state index contributed by atoms with van der Waals surface area (Å²) in [5, 5.41) is 11.5. The van der Waals surface area contributed by atoms with E-state index in [1.54, 1.807) is 0 Å². The molecule has 1 heterocycles. The lowest BCUT2D eigenvalue weighted by Crippen LogP contribution is -2.31. The number of carbonyl (C=O) groups is 1. The van der Waals surface area contributed by atoms with E-state index in [1.165, 1.54) is 12.8 Å². The number of rotatable bonds is 1. The van der Waals surface area contributed by atoms with Gasteiger partial charge in [-0.3, -0.25) is 5.32 Å². The van der Waals surface area contributed by atoms with Crippen LogP contribution in [-0.4, -0.2) is 24.0 Å². The van der Waals surface area contributed by atoms with Gasteiger partial charge in [0.25, 0.3) is 0 Å². The average Bonchev–Trinajstić information content (AvgIpc) is 2.52. The molecule has 1 saturated carbocycles. The molecule has 68 valence electrons. The maximum Gasteiger partial charge on any atom is 0.507 e. The zero-order valence-electron chi connectivity index (χ0n) is 6.82. The quantitative estimate of drug-likeness (QED) is 0.578. The van der Waals surface area contributed by atoms with Crippen LogP contribution in [0, 0.1) is 11.8 Å². The van der Waals surface area contributed by atoms with Crippen LogP contribution in [0.1, 0.15) is 19.3 Å². The molecule has 4 heteroatoms. The molecule has 0 spiro atoms. The summed E-state index contributed by atoms with van der Waals surface area (Å²) in [5.41, 5.74) is 0. The minimum absolute atomic E-state index is 0.241. The van der Waals surface area contributed by atoms with E-state index in [0.717, 1.165) is 13.0 Å². The van der Waals surface area contributed by atoms with Crippen LogP contribution in [-0.2, 0) is 4.74 Å². The van der Waals surface area contributed by atoms with Gasteiger partial charge in [0.15, 0.2) is 6.23 Å². The van der Waals surface area contributed by atoms with Gasteiger partial charge in [-0.15, -0.1) is 0 Å². The topological polar surface area (TPSA) is 58.6 Å². The maximum atomic E-state index is 10.3. The Hall–Kier alpha value is -0.770. The molecule has 0 amide bonds. The Morgan fingerprint density at radius 1 is 1.50 bits per heavy atom. The molecule has 0 aromatic carbocycles. The SMILES string of the molecule is O=C(O)OC1NCC2CCCC21. The van der Waals surface area contributed by atoms with Gasteiger partial charge in [-0.1, -0.05) is 6.42 Å². The van der Waals surface area contributed by atoms with Crippen molar-refractivity contribution in [3.05, 3.63) is 0 Å². The Labute approximate surface area is 70.9 Å². The predicted molar refractivity (Wildman–Crippen MR) is 41.7 cm³/mol. The monoisotopic (exact) mass is 171 g/mol. The van der Waals surface area contributed by atoms with Crippen molar-refractivity contribution >= 4 is 6.16 Å². The van der Waals surface area contributed by atoms with Gasteiger partial charge in [0, 0.05) is 12.5 Å². The van der Waals surface area contributed by atoms with Crippen molar-refractivity contribution < 1.29 is 14.6 Å². The number of nitrogens with one attached hydrogen (secondary N) is 1. The second-order valence-corrected chi connectivity index (χ2v) is 3.57. The second-order valence-electron chi connectivity index (χ2n) is 3.57. The molecule has 2 N–H and O–H groups in total. The van der Waals surface area contributed by atoms with Crippen molar-refractivity contribution in [2.24, 2.45) is 11.8 Å². The molecular formula is C8H13NO3. The van der Waals surface area contributed by atoms with Crippen molar-refractivity contribution in [2.45, 2.75) is 25.5 Å². The molecule has 2 fully saturated rings. The lowest BCUT2D eigenvalue weighted by molar-refractivity contribution is 0.0235. The van der Waals surface area contributed by atoms with Crippen LogP contribution in [0.3, 0.4) is 0 Å². The third-order valence-electron chi connectivity index (χ3n) is 2.92. The Bertz CT molecular complexity index is 195. The Balaban J connectivity index is 1.95. The van der Waals surface area contributed by atoms with Gasteiger partial charge >= 0.3 is 6.16 Å². The normalized spacial score (nSPS) is 39.5. The van der Waals surface area contributed by atoms with E-state index in [1.807, 2.05) is 0 Å². The predicted octanol–water partition coefficient (Wildman–Crippen LogP) is 1.03. The molecule has 0 aromatic rings. The van der Waals surface area contributed by atoms with E-state index >= 15 is 0 Å². The van der Waals surface area contributed by atoms with E-state index in [2.05, 4.69) is 5.32 Å². The fourth-order valence-electron chi connectivity index (χ4n) is 2.37. The average molecular weight is 171 g/mol. The Morgan fingerprint density at radius 2 is 2.33 bits per heavy atom. The minimum atomic E-state index is -1.17. The highest BCUT2D eigenvalue weighted by Crippen LogP contribution is 2.37. The summed E-state index contributed by atoms with van der Waals surface area (Å²) in [6.45, 7) is 0.919. The van der Waals surface area contributed by atoms with Crippen molar-refractivity contribution in [3.63, 3.8) is 0 Å². The zero-order valence-corrected chi connectivity index (χ0v) is 6.82. The van der Waals surface area contributed by atoms with Crippen LogP contribution in [0.25, 0.3) is 0 Å². The van der Waals surface area contributed by atoms with E-state index < -0.39 is 6.16 Å². The highest BCUT2D eigenvalue weighted by Gasteiger charge is 2.40. The van der Waals surface area contributed by atoms with Crippen molar-refractivity contribution in [1.82, 2.24) is 5.32 Å². The summed E-state index contributed by atoms with van der Waals surface area (Å²) in [4.78, 5) is 10.3. The summed E-state index contributed by atoms with van der Waals surface area (Å²) in [6, 6.07) is 0. The first-order chi connectivity index (χ1) is 5.77. The molecular weight excluding hydrogens is 158 g/mol. The van der Waals surface area contributed by atoms with Gasteiger partial charge in [-0.25, -0.2) is 4.79 Å². The lowest BCUT2D eigenvalue weighted by atomic mass is 9.99. The van der Waals surface area contributed by atoms with Crippen LogP contribution in [0.2, 0.25) is 0 Å². The van der Waals surface area contributed by atoms with Gasteiger partial charge in [0.2, 0.25) is 0 Å². The first-order valence-corrected chi connectivity index (χ1v) is 4.40. The molecule has 0 bridgehead atoms. The first-order valence-electron chi connectivity index (χ1n) is 4.40. The van der Waals surface area contributed by atoms with Crippen LogP contribution in [0.15, 0.2) is 0 Å². The van der Waals surface area contributed by atoms with Gasteiger partial charge in [0.05, 0.1) is 0 Å². The summed E-state index contributed by atoms with van der Waals surface area (Å²) < 4.78 is 4.73. The molecule has 12 heavy (non-hydrogen) atoms. The first kappa shape index (κ1) is 7.86. The minimum Gasteiger partial charge on any atom is -0.450 e. The molecule has 4 nitrogen and oxygen atoms in total. The smallest absolute Gasteiger partial charge is 0.450 e. The fourth-order valence-corrected chi connectivity index (χ4v) is 2.37. The zero-order chi connectivity index (χ0) is 8.55. The van der Waals surface area contributed by atoms with Gasteiger partial charge < -0.3 is 9.84 Å². The molecule has 0 aromatic heterocycles. The largest absolute Gasteiger partial charge is 0.507 e. The molecule has 2 rings (SSSR count). The molecule has 3 unspecified atom stereocenters. The van der Waals surface area contributed by atoms with E-state index in [9.17, 15) is 4.79 Å². The summed E-state index contributed by atoms with van der Waals surface area (Å²) in [6.07, 6.45) is 2.14. The summed E-state index contributed by atoms with van der Waals surface area (Å²) in [5.74, 6) is 1.08. The third kappa shape index (κ3) is 1.27. The van der Waals surface area contributed by atoms with E-state index in [-0.39, 0.29) is 6.23 Å². The van der Waals surface area contributed by atoms with E-state index in [4.69, 9.17) is 9.84 Å². The second kappa shape index (κ2) is 2.94. The maximum absolute atomic E-state index is 10.3. The molecule has 0 radical (unpaired) electrons. The van der Waals surface area contributed by atoms with Gasteiger partial charge in [-0.05, 0) is 18.8 Å². The fraction of sp³-hybridized carbons (Fsp3) is 0.875. The third-order valence-corrected chi connectivity index (χ3v) is 2.92. The van der Waals surface area contributed by atoms with Gasteiger partial charge in [0.1, 0.15) is 0 Å². The molecule has 1 aliphatic carbocycles. The standard InChI is InChI=1S/C8H13NO3/c10-8(11)12-7-6-3-1-2-5(6)4-9-7/h5-7,9H,1-4H2,(H,10,11). The van der Waals surface area contributed by atoms with Crippen molar-refractivity contribution in [1.29, 1.82) is 0 Å². The molecule has 2 aliphatic rings. The van der Waals surface area contributed by atoms with E-state index in [0.29, 0.717) is 11.8 Å². The van der Waals surface area contributed by atoms with Crippen LogP contribution in [0.5, 0.6) is 0 Å². The molecule has 1 saturated heterocycles. The summed E-state index contributed by atoms with van der Waals surface area (Å²) in [7, 11) is 0. The Morgan fingerprint density at radius 3 is 3.08 bits per heavy atom. The number of carboxylic acid groups (broad SMARTS) is 1. The highest BCUT2D eigenvalue weighted by atomic mass is 16.7. The van der Waals surface area contributed by atoms with Crippen LogP contribution in [0.4, 0.5) is 4.79 Å². The summed E-state index contributed by atoms with van der Waals surface area (Å²) >= 11 is 0. The van der Waals surface area contributed by atoms with Gasteiger partial charge in [-0.2, -0.15) is 0 Å². The van der Waals surface area contributed by atoms with Crippen molar-refractivity contribution in [2.75, 3.05) is 6.54 Å². The lowest BCUT2D eigenvalue weighted by Gasteiger charge is -2.16. The molecule has 3 atom stereocenters. The van der Waals surface area contributed by atoms with Crippen LogP contribution < -0.4 is 5.32 Å². The number of hydrogen-bond acceptors (Lipinski definition) is 3. The van der Waals surface area contributed by atoms with Crippen molar-refractivity contribution in [3.8, 4) is 0 Å². The Kier molecular flexibility index (Phi) is 1.92. The number of fused-ring (bicyclic) bond motifs is 1. The number of hydrogen-bond donors (Lipinski definition) is 2.